The van der Waals surface area contributed by atoms with Crippen molar-refractivity contribution in [2.45, 2.75) is 38.1 Å². The topological polar surface area (TPSA) is 15.3 Å². The van der Waals surface area contributed by atoms with Crippen molar-refractivity contribution in [3.63, 3.8) is 0 Å². The second-order valence-electron chi connectivity index (χ2n) is 6.30. The molecule has 1 saturated carbocycles. The lowest BCUT2D eigenvalue weighted by Gasteiger charge is -2.41. The molecule has 1 N–H and O–H groups in total. The maximum Gasteiger partial charge on any atom is 0.141 e. The summed E-state index contributed by atoms with van der Waals surface area (Å²) in [6.45, 7) is 4.21. The maximum atomic E-state index is 13.5. The van der Waals surface area contributed by atoms with Crippen molar-refractivity contribution in [1.29, 1.82) is 0 Å². The Bertz CT molecular complexity index is 457. The van der Waals surface area contributed by atoms with E-state index in [9.17, 15) is 4.39 Å². The van der Waals surface area contributed by atoms with Crippen molar-refractivity contribution in [3.8, 4) is 0 Å². The standard InChI is InChI=1S/C17H24ClFN2.2ClH/c18-15-12-14(6-7-16(15)19)17(13-4-2-1-3-5-13)21-10-8-20-9-11-21;;/h6-7,12-13,17,20H,1-5,8-11H2;2*1H/t17-;;/m1../s1. The molecule has 3 rings (SSSR count). The number of nitrogens with one attached hydrogen (secondary N) is 1. The summed E-state index contributed by atoms with van der Waals surface area (Å²) in [5.74, 6) is 0.362. The molecule has 0 amide bonds. The largest absolute Gasteiger partial charge is 0.314 e. The normalized spacial score (nSPS) is 21.1. The number of rotatable bonds is 3. The molecular weight excluding hydrogens is 358 g/mol. The molecule has 6 heteroatoms. The molecule has 23 heavy (non-hydrogen) atoms. The first kappa shape index (κ1) is 21.0. The number of piperazine rings is 1. The van der Waals surface area contributed by atoms with Crippen molar-refractivity contribution in [3.05, 3.63) is 34.6 Å². The van der Waals surface area contributed by atoms with Crippen LogP contribution in [0.25, 0.3) is 0 Å². The zero-order valence-electron chi connectivity index (χ0n) is 13.3. The van der Waals surface area contributed by atoms with Crippen LogP contribution in [0.3, 0.4) is 0 Å². The van der Waals surface area contributed by atoms with E-state index in [1.54, 1.807) is 0 Å². The summed E-state index contributed by atoms with van der Waals surface area (Å²) in [5, 5.41) is 3.67. The van der Waals surface area contributed by atoms with Crippen LogP contribution in [0.5, 0.6) is 0 Å². The lowest BCUT2D eigenvalue weighted by Crippen LogP contribution is -2.47. The van der Waals surface area contributed by atoms with Gasteiger partial charge in [-0.1, -0.05) is 36.9 Å². The molecule has 1 saturated heterocycles. The van der Waals surface area contributed by atoms with E-state index in [0.717, 1.165) is 26.2 Å². The Hall–Kier alpha value is -0.0600. The smallest absolute Gasteiger partial charge is 0.141 e. The van der Waals surface area contributed by atoms with Gasteiger partial charge in [-0.3, -0.25) is 4.90 Å². The molecular formula is C17H26Cl3FN2. The van der Waals surface area contributed by atoms with Gasteiger partial charge in [-0.05, 0) is 36.5 Å². The molecule has 1 aliphatic heterocycles. The minimum absolute atomic E-state index is 0. The van der Waals surface area contributed by atoms with E-state index in [4.69, 9.17) is 11.6 Å². The Morgan fingerprint density at radius 2 is 1.74 bits per heavy atom. The van der Waals surface area contributed by atoms with Crippen molar-refractivity contribution in [2.75, 3.05) is 26.2 Å². The third kappa shape index (κ3) is 5.20. The number of hydrogen-bond acceptors (Lipinski definition) is 2. The molecule has 132 valence electrons. The summed E-state index contributed by atoms with van der Waals surface area (Å²) in [7, 11) is 0. The molecule has 2 nitrogen and oxygen atoms in total. The summed E-state index contributed by atoms with van der Waals surface area (Å²) < 4.78 is 13.5. The SMILES string of the molecule is Cl.Cl.Fc1ccc([C@@H](C2CCCCC2)N2CCNCC2)cc1Cl. The summed E-state index contributed by atoms with van der Waals surface area (Å²) in [5.41, 5.74) is 1.19. The number of nitrogens with zero attached hydrogens (tertiary/aromatic N) is 1. The molecule has 0 spiro atoms. The number of halogens is 4. The van der Waals surface area contributed by atoms with Gasteiger partial charge in [0.25, 0.3) is 0 Å². The van der Waals surface area contributed by atoms with Gasteiger partial charge >= 0.3 is 0 Å². The van der Waals surface area contributed by atoms with Gasteiger partial charge in [0.1, 0.15) is 5.82 Å². The second kappa shape index (κ2) is 10.0. The predicted molar refractivity (Wildman–Crippen MR) is 99.7 cm³/mol. The van der Waals surface area contributed by atoms with Crippen LogP contribution in [-0.2, 0) is 0 Å². The highest BCUT2D eigenvalue weighted by Gasteiger charge is 2.31. The quantitative estimate of drug-likeness (QED) is 0.802. The molecule has 2 aliphatic rings. The number of hydrogen-bond donors (Lipinski definition) is 1. The van der Waals surface area contributed by atoms with Crippen LogP contribution in [0.15, 0.2) is 18.2 Å². The Labute approximate surface area is 156 Å². The first-order chi connectivity index (χ1) is 10.3. The highest BCUT2D eigenvalue weighted by Crippen LogP contribution is 2.39. The average Bonchev–Trinajstić information content (AvgIpc) is 2.53. The Morgan fingerprint density at radius 3 is 2.35 bits per heavy atom. The molecule has 1 atom stereocenters. The zero-order chi connectivity index (χ0) is 14.7. The van der Waals surface area contributed by atoms with Crippen molar-refractivity contribution in [2.24, 2.45) is 5.92 Å². The monoisotopic (exact) mass is 382 g/mol. The van der Waals surface area contributed by atoms with Gasteiger partial charge in [0.2, 0.25) is 0 Å². The molecule has 1 aromatic rings. The van der Waals surface area contributed by atoms with E-state index in [-0.39, 0.29) is 35.7 Å². The van der Waals surface area contributed by atoms with Crippen LogP contribution >= 0.6 is 36.4 Å². The Balaban J connectivity index is 0.00000132. The maximum absolute atomic E-state index is 13.5. The summed E-state index contributed by atoms with van der Waals surface area (Å²) in [4.78, 5) is 2.57. The fourth-order valence-electron chi connectivity index (χ4n) is 3.89. The zero-order valence-corrected chi connectivity index (χ0v) is 15.7. The van der Waals surface area contributed by atoms with Gasteiger partial charge in [0.05, 0.1) is 5.02 Å². The predicted octanol–water partition coefficient (Wildman–Crippen LogP) is 4.85. The van der Waals surface area contributed by atoms with Gasteiger partial charge in [-0.2, -0.15) is 0 Å². The van der Waals surface area contributed by atoms with E-state index < -0.39 is 0 Å². The van der Waals surface area contributed by atoms with Crippen LogP contribution in [0.4, 0.5) is 4.39 Å². The van der Waals surface area contributed by atoms with Crippen LogP contribution in [0.2, 0.25) is 5.02 Å². The molecule has 1 aromatic carbocycles. The first-order valence-corrected chi connectivity index (χ1v) is 8.53. The van der Waals surface area contributed by atoms with E-state index in [2.05, 4.69) is 10.2 Å². The highest BCUT2D eigenvalue weighted by molar-refractivity contribution is 6.30. The van der Waals surface area contributed by atoms with Gasteiger partial charge in [-0.15, -0.1) is 24.8 Å². The molecule has 1 heterocycles. The highest BCUT2D eigenvalue weighted by atomic mass is 35.5. The Kier molecular flexibility index (Phi) is 9.17. The van der Waals surface area contributed by atoms with Crippen LogP contribution in [0.1, 0.15) is 43.7 Å². The van der Waals surface area contributed by atoms with E-state index >= 15 is 0 Å². The van der Waals surface area contributed by atoms with Crippen LogP contribution < -0.4 is 5.32 Å². The average molecular weight is 384 g/mol. The van der Waals surface area contributed by atoms with Gasteiger partial charge in [0, 0.05) is 32.2 Å². The summed E-state index contributed by atoms with van der Waals surface area (Å²) in [6, 6.07) is 5.70. The summed E-state index contributed by atoms with van der Waals surface area (Å²) in [6.07, 6.45) is 6.56. The van der Waals surface area contributed by atoms with Gasteiger partial charge in [0.15, 0.2) is 0 Å². The van der Waals surface area contributed by atoms with Crippen LogP contribution in [-0.4, -0.2) is 31.1 Å². The second-order valence-corrected chi connectivity index (χ2v) is 6.71. The molecule has 0 bridgehead atoms. The fourth-order valence-corrected chi connectivity index (χ4v) is 4.08. The Morgan fingerprint density at radius 1 is 1.09 bits per heavy atom. The minimum atomic E-state index is -0.317. The third-order valence-electron chi connectivity index (χ3n) is 4.93. The lowest BCUT2D eigenvalue weighted by molar-refractivity contribution is 0.103. The third-order valence-corrected chi connectivity index (χ3v) is 5.22. The van der Waals surface area contributed by atoms with Crippen LogP contribution in [0, 0.1) is 11.7 Å². The van der Waals surface area contributed by atoms with E-state index in [0.29, 0.717) is 12.0 Å². The number of benzene rings is 1. The van der Waals surface area contributed by atoms with Gasteiger partial charge in [-0.25, -0.2) is 4.39 Å². The van der Waals surface area contributed by atoms with E-state index in [1.165, 1.54) is 43.7 Å². The molecule has 2 fully saturated rings. The van der Waals surface area contributed by atoms with Gasteiger partial charge < -0.3 is 5.32 Å². The first-order valence-electron chi connectivity index (χ1n) is 8.15. The molecule has 0 aromatic heterocycles. The lowest BCUT2D eigenvalue weighted by atomic mass is 9.80. The molecule has 1 aliphatic carbocycles. The minimum Gasteiger partial charge on any atom is -0.314 e. The fraction of sp³-hybridized carbons (Fsp3) is 0.647. The van der Waals surface area contributed by atoms with Crippen molar-refractivity contribution < 1.29 is 4.39 Å². The van der Waals surface area contributed by atoms with E-state index in [1.807, 2.05) is 12.1 Å². The molecule has 0 unspecified atom stereocenters. The van der Waals surface area contributed by atoms with Crippen molar-refractivity contribution in [1.82, 2.24) is 10.2 Å². The molecule has 0 radical (unpaired) electrons. The van der Waals surface area contributed by atoms with Crippen molar-refractivity contribution >= 4 is 36.4 Å². The summed E-state index contributed by atoms with van der Waals surface area (Å²) >= 11 is 6.03.